The number of hydrogen-bond acceptors (Lipinski definition) is 6. The van der Waals surface area contributed by atoms with Crippen LogP contribution in [0.25, 0.3) is 0 Å². The number of carbonyl (C=O) groups excluding carboxylic acids is 1. The van der Waals surface area contributed by atoms with Crippen molar-refractivity contribution in [2.45, 2.75) is 26.2 Å². The lowest BCUT2D eigenvalue weighted by Gasteiger charge is -2.08. The summed E-state index contributed by atoms with van der Waals surface area (Å²) in [5.74, 6) is -0.00234. The zero-order valence-corrected chi connectivity index (χ0v) is 11.5. The Hall–Kier alpha value is -2.37. The Bertz CT molecular complexity index is 578. The van der Waals surface area contributed by atoms with Crippen LogP contribution >= 0.6 is 0 Å². The predicted octanol–water partition coefficient (Wildman–Crippen LogP) is 2.17. The van der Waals surface area contributed by atoms with Crippen LogP contribution in [-0.2, 0) is 11.2 Å². The summed E-state index contributed by atoms with van der Waals surface area (Å²) in [6, 6.07) is 7.62. The molecule has 1 unspecified atom stereocenters. The molecule has 0 radical (unpaired) electrons. The molecule has 106 valence electrons. The van der Waals surface area contributed by atoms with Crippen LogP contribution in [0.3, 0.4) is 0 Å². The summed E-state index contributed by atoms with van der Waals surface area (Å²) in [6.07, 6.45) is 0.552. The molecule has 0 aliphatic heterocycles. The smallest absolute Gasteiger partial charge is 0.379 e. The van der Waals surface area contributed by atoms with Crippen LogP contribution in [0.1, 0.15) is 41.8 Å². The Morgan fingerprint density at radius 1 is 1.40 bits per heavy atom. The zero-order chi connectivity index (χ0) is 14.5. The molecule has 1 aromatic heterocycles. The topological polar surface area (TPSA) is 91.2 Å². The van der Waals surface area contributed by atoms with Gasteiger partial charge in [-0.25, -0.2) is 4.79 Å². The molecule has 0 aliphatic carbocycles. The monoisotopic (exact) mass is 275 g/mol. The van der Waals surface area contributed by atoms with Crippen molar-refractivity contribution < 1.29 is 14.1 Å². The molecule has 0 aliphatic rings. The van der Waals surface area contributed by atoms with E-state index in [4.69, 9.17) is 15.0 Å². The van der Waals surface area contributed by atoms with Gasteiger partial charge in [0.1, 0.15) is 0 Å². The minimum atomic E-state index is -0.567. The molecule has 0 bridgehead atoms. The molecule has 0 saturated carbocycles. The second kappa shape index (κ2) is 6.18. The van der Waals surface area contributed by atoms with Gasteiger partial charge >= 0.3 is 5.97 Å². The number of nitrogen functional groups attached to an aromatic ring is 1. The van der Waals surface area contributed by atoms with E-state index in [0.29, 0.717) is 12.3 Å². The number of nitrogens with zero attached hydrogens (tertiary/aromatic N) is 2. The molecule has 2 rings (SSSR count). The summed E-state index contributed by atoms with van der Waals surface area (Å²) in [4.78, 5) is 15.5. The van der Waals surface area contributed by atoms with Crippen molar-refractivity contribution in [1.82, 2.24) is 10.1 Å². The van der Waals surface area contributed by atoms with E-state index in [1.165, 1.54) is 0 Å². The summed E-state index contributed by atoms with van der Waals surface area (Å²) >= 11 is 0. The number of anilines is 1. The average Bonchev–Trinajstić information content (AvgIpc) is 2.88. The van der Waals surface area contributed by atoms with Crippen molar-refractivity contribution in [1.29, 1.82) is 0 Å². The first-order valence-corrected chi connectivity index (χ1v) is 6.45. The molecule has 1 aromatic carbocycles. The second-order valence-electron chi connectivity index (χ2n) is 4.50. The Balaban J connectivity index is 2.03. The Labute approximate surface area is 116 Å². The maximum Gasteiger partial charge on any atom is 0.379 e. The Kier molecular flexibility index (Phi) is 4.34. The number of benzene rings is 1. The minimum absolute atomic E-state index is 0.0358. The van der Waals surface area contributed by atoms with E-state index in [0.717, 1.165) is 11.3 Å². The van der Waals surface area contributed by atoms with Gasteiger partial charge in [-0.2, -0.15) is 4.98 Å². The van der Waals surface area contributed by atoms with Gasteiger partial charge < -0.3 is 15.0 Å². The number of rotatable bonds is 5. The van der Waals surface area contributed by atoms with E-state index in [9.17, 15) is 4.79 Å². The highest BCUT2D eigenvalue weighted by atomic mass is 16.5. The molecule has 6 heteroatoms. The lowest BCUT2D eigenvalue weighted by Crippen LogP contribution is -2.07. The van der Waals surface area contributed by atoms with Crippen molar-refractivity contribution in [3.63, 3.8) is 0 Å². The third-order valence-corrected chi connectivity index (χ3v) is 2.91. The van der Waals surface area contributed by atoms with E-state index in [-0.39, 0.29) is 18.3 Å². The van der Waals surface area contributed by atoms with Crippen LogP contribution in [0.15, 0.2) is 28.8 Å². The number of carbonyl (C=O) groups is 1. The molecule has 20 heavy (non-hydrogen) atoms. The van der Waals surface area contributed by atoms with Gasteiger partial charge in [0.25, 0.3) is 5.82 Å². The predicted molar refractivity (Wildman–Crippen MR) is 73.2 cm³/mol. The van der Waals surface area contributed by atoms with Crippen molar-refractivity contribution in [3.8, 4) is 0 Å². The second-order valence-corrected chi connectivity index (χ2v) is 4.50. The van der Waals surface area contributed by atoms with E-state index >= 15 is 0 Å². The van der Waals surface area contributed by atoms with Gasteiger partial charge in [0, 0.05) is 12.1 Å². The van der Waals surface area contributed by atoms with Crippen LogP contribution in [0, 0.1) is 0 Å². The van der Waals surface area contributed by atoms with Gasteiger partial charge in [-0.05, 0) is 35.7 Å². The van der Waals surface area contributed by atoms with Crippen LogP contribution in [0.4, 0.5) is 5.69 Å². The quantitative estimate of drug-likeness (QED) is 0.664. The van der Waals surface area contributed by atoms with Gasteiger partial charge in [-0.3, -0.25) is 0 Å². The van der Waals surface area contributed by atoms with Gasteiger partial charge in [0.2, 0.25) is 5.89 Å². The highest BCUT2D eigenvalue weighted by Crippen LogP contribution is 2.20. The number of aromatic nitrogens is 2. The molecule has 0 fully saturated rings. The summed E-state index contributed by atoms with van der Waals surface area (Å²) in [5, 5.41) is 3.61. The summed E-state index contributed by atoms with van der Waals surface area (Å²) in [7, 11) is 0. The maximum atomic E-state index is 11.4. The van der Waals surface area contributed by atoms with Crippen molar-refractivity contribution in [3.05, 3.63) is 41.5 Å². The summed E-state index contributed by atoms with van der Waals surface area (Å²) in [5.41, 5.74) is 7.50. The van der Waals surface area contributed by atoms with E-state index in [1.54, 1.807) is 6.92 Å². The van der Waals surface area contributed by atoms with E-state index < -0.39 is 5.97 Å². The average molecular weight is 275 g/mol. The van der Waals surface area contributed by atoms with Crippen LogP contribution in [-0.4, -0.2) is 22.7 Å². The SMILES string of the molecule is CCOC(=O)c1noc(CC(C)c2ccc(N)cc2)n1. The molecule has 2 N–H and O–H groups in total. The molecular weight excluding hydrogens is 258 g/mol. The zero-order valence-electron chi connectivity index (χ0n) is 11.5. The number of hydrogen-bond donors (Lipinski definition) is 1. The third-order valence-electron chi connectivity index (χ3n) is 2.91. The molecule has 2 aromatic rings. The normalized spacial score (nSPS) is 12.1. The minimum Gasteiger partial charge on any atom is -0.460 e. The van der Waals surface area contributed by atoms with Crippen molar-refractivity contribution in [2.75, 3.05) is 12.3 Å². The molecule has 0 amide bonds. The molecule has 0 spiro atoms. The van der Waals surface area contributed by atoms with Crippen LogP contribution in [0.2, 0.25) is 0 Å². The van der Waals surface area contributed by atoms with Crippen LogP contribution < -0.4 is 5.73 Å². The lowest BCUT2D eigenvalue weighted by atomic mass is 9.98. The fourth-order valence-corrected chi connectivity index (χ4v) is 1.82. The Morgan fingerprint density at radius 3 is 2.75 bits per heavy atom. The fourth-order valence-electron chi connectivity index (χ4n) is 1.82. The highest BCUT2D eigenvalue weighted by molar-refractivity contribution is 5.84. The van der Waals surface area contributed by atoms with E-state index in [1.807, 2.05) is 31.2 Å². The first kappa shape index (κ1) is 14.0. The number of nitrogens with two attached hydrogens (primary N) is 1. The summed E-state index contributed by atoms with van der Waals surface area (Å²) in [6.45, 7) is 4.05. The molecule has 1 heterocycles. The van der Waals surface area contributed by atoms with Crippen molar-refractivity contribution >= 4 is 11.7 Å². The lowest BCUT2D eigenvalue weighted by molar-refractivity contribution is 0.0508. The van der Waals surface area contributed by atoms with Gasteiger partial charge in [0.05, 0.1) is 6.61 Å². The maximum absolute atomic E-state index is 11.4. The molecular formula is C14H17N3O3. The molecule has 0 saturated heterocycles. The van der Waals surface area contributed by atoms with Gasteiger partial charge in [0.15, 0.2) is 0 Å². The fraction of sp³-hybridized carbons (Fsp3) is 0.357. The van der Waals surface area contributed by atoms with Crippen LogP contribution in [0.5, 0.6) is 0 Å². The van der Waals surface area contributed by atoms with Crippen molar-refractivity contribution in [2.24, 2.45) is 0 Å². The molecule has 6 nitrogen and oxygen atoms in total. The first-order valence-electron chi connectivity index (χ1n) is 6.45. The number of esters is 1. The highest BCUT2D eigenvalue weighted by Gasteiger charge is 2.17. The van der Waals surface area contributed by atoms with Gasteiger partial charge in [-0.15, -0.1) is 0 Å². The van der Waals surface area contributed by atoms with E-state index in [2.05, 4.69) is 10.1 Å². The Morgan fingerprint density at radius 2 is 2.10 bits per heavy atom. The van der Waals surface area contributed by atoms with Gasteiger partial charge in [-0.1, -0.05) is 19.1 Å². The standard InChI is InChI=1S/C14H17N3O3/c1-3-19-14(18)13-16-12(20-17-13)8-9(2)10-4-6-11(15)7-5-10/h4-7,9H,3,8,15H2,1-2H3. The largest absolute Gasteiger partial charge is 0.460 e. The summed E-state index contributed by atoms with van der Waals surface area (Å²) < 4.78 is 9.87. The number of ether oxygens (including phenoxy) is 1. The first-order chi connectivity index (χ1) is 9.60. The third kappa shape index (κ3) is 3.34. The molecule has 1 atom stereocenters.